The Morgan fingerprint density at radius 2 is 1.76 bits per heavy atom. The molecule has 0 radical (unpaired) electrons. The number of anilines is 2. The molecule has 1 aliphatic heterocycles. The van der Waals surface area contributed by atoms with E-state index in [-0.39, 0.29) is 0 Å². The lowest BCUT2D eigenvalue weighted by Crippen LogP contribution is -2.49. The van der Waals surface area contributed by atoms with Crippen molar-refractivity contribution >= 4 is 37.7 Å². The molecule has 0 atom stereocenters. The molecule has 0 spiro atoms. The third-order valence-corrected chi connectivity index (χ3v) is 6.97. The van der Waals surface area contributed by atoms with Crippen molar-refractivity contribution in [1.29, 1.82) is 0 Å². The van der Waals surface area contributed by atoms with Gasteiger partial charge in [0.15, 0.2) is 0 Å². The van der Waals surface area contributed by atoms with E-state index in [1.54, 1.807) is 30.5 Å². The van der Waals surface area contributed by atoms with Gasteiger partial charge in [0.2, 0.25) is 16.0 Å². The zero-order valence-electron chi connectivity index (χ0n) is 14.1. The molecule has 1 fully saturated rings. The molecule has 2 aromatic rings. The van der Waals surface area contributed by atoms with E-state index in [1.807, 2.05) is 30.0 Å². The fourth-order valence-electron chi connectivity index (χ4n) is 2.66. The van der Waals surface area contributed by atoms with Gasteiger partial charge in [-0.25, -0.2) is 13.4 Å². The number of rotatable bonds is 4. The first-order chi connectivity index (χ1) is 11.9. The van der Waals surface area contributed by atoms with Crippen LogP contribution in [0.5, 0.6) is 0 Å². The highest BCUT2D eigenvalue weighted by atomic mass is 79.9. The van der Waals surface area contributed by atoms with Crippen LogP contribution in [0.1, 0.15) is 0 Å². The predicted molar refractivity (Wildman–Crippen MR) is 101 cm³/mol. The van der Waals surface area contributed by atoms with Crippen molar-refractivity contribution < 1.29 is 8.42 Å². The van der Waals surface area contributed by atoms with Crippen LogP contribution in [-0.4, -0.2) is 63.0 Å². The number of nitrogens with zero attached hydrogens (tertiary/aromatic N) is 5. The molecule has 0 N–H and O–H groups in total. The Morgan fingerprint density at radius 1 is 1.08 bits per heavy atom. The second-order valence-corrected chi connectivity index (χ2v) is 8.69. The molecule has 3 rings (SSSR count). The van der Waals surface area contributed by atoms with Gasteiger partial charge in [-0.3, -0.25) is 0 Å². The Kier molecular flexibility index (Phi) is 5.26. The van der Waals surface area contributed by atoms with Gasteiger partial charge in [0.25, 0.3) is 0 Å². The van der Waals surface area contributed by atoms with Crippen LogP contribution in [-0.2, 0) is 10.0 Å². The van der Waals surface area contributed by atoms with Gasteiger partial charge in [-0.1, -0.05) is 12.1 Å². The highest BCUT2D eigenvalue weighted by Crippen LogP contribution is 2.26. The summed E-state index contributed by atoms with van der Waals surface area (Å²) in [6.45, 7) is 1.92. The Bertz CT molecular complexity index is 851. The quantitative estimate of drug-likeness (QED) is 0.743. The molecule has 0 aliphatic carbocycles. The molecule has 1 aromatic heterocycles. The molecular weight excluding hydrogens is 406 g/mol. The van der Waals surface area contributed by atoms with Crippen LogP contribution >= 0.6 is 15.9 Å². The smallest absolute Gasteiger partial charge is 0.244 e. The van der Waals surface area contributed by atoms with Crippen LogP contribution < -0.4 is 9.80 Å². The van der Waals surface area contributed by atoms with E-state index >= 15 is 0 Å². The summed E-state index contributed by atoms with van der Waals surface area (Å²) >= 11 is 3.33. The molecule has 134 valence electrons. The number of sulfonamides is 1. The number of hydrogen-bond donors (Lipinski definition) is 0. The largest absolute Gasteiger partial charge is 0.363 e. The first kappa shape index (κ1) is 18.1. The van der Waals surface area contributed by atoms with Gasteiger partial charge in [0, 0.05) is 50.9 Å². The second-order valence-electron chi connectivity index (χ2n) is 5.93. The van der Waals surface area contributed by atoms with Crippen LogP contribution in [0.2, 0.25) is 0 Å². The third kappa shape index (κ3) is 3.78. The maximum absolute atomic E-state index is 12.8. The maximum Gasteiger partial charge on any atom is 0.244 e. The number of piperazine rings is 1. The monoisotopic (exact) mass is 425 g/mol. The molecule has 1 saturated heterocycles. The summed E-state index contributed by atoms with van der Waals surface area (Å²) in [5.74, 6) is 1.46. The van der Waals surface area contributed by atoms with Gasteiger partial charge in [-0.2, -0.15) is 9.29 Å². The normalized spacial score (nSPS) is 16.0. The topological polar surface area (TPSA) is 69.6 Å². The lowest BCUT2D eigenvalue weighted by molar-refractivity contribution is 0.382. The van der Waals surface area contributed by atoms with E-state index in [9.17, 15) is 8.42 Å². The Morgan fingerprint density at radius 3 is 2.40 bits per heavy atom. The summed E-state index contributed by atoms with van der Waals surface area (Å²) in [6, 6.07) is 8.74. The van der Waals surface area contributed by atoms with Gasteiger partial charge in [-0.05, 0) is 34.1 Å². The molecule has 1 aromatic carbocycles. The zero-order chi connectivity index (χ0) is 18.0. The highest BCUT2D eigenvalue weighted by molar-refractivity contribution is 9.10. The van der Waals surface area contributed by atoms with Crippen LogP contribution in [0, 0.1) is 0 Å². The number of hydrogen-bond acceptors (Lipinski definition) is 6. The molecule has 2 heterocycles. The maximum atomic E-state index is 12.8. The molecule has 1 aliphatic rings. The standard InChI is InChI=1S/C16H20BrN5O2S/c1-20(2)15-7-8-18-16(19-15)21-9-11-22(12-10-21)25(23,24)14-6-4-3-5-13(14)17/h3-8H,9-12H2,1-2H3. The van der Waals surface area contributed by atoms with Crippen molar-refractivity contribution in [1.82, 2.24) is 14.3 Å². The van der Waals surface area contributed by atoms with Gasteiger partial charge in [-0.15, -0.1) is 0 Å². The predicted octanol–water partition coefficient (Wildman–Crippen LogP) is 1.82. The molecular formula is C16H20BrN5O2S. The van der Waals surface area contributed by atoms with E-state index in [1.165, 1.54) is 4.31 Å². The molecule has 0 unspecified atom stereocenters. The summed E-state index contributed by atoms with van der Waals surface area (Å²) in [5, 5.41) is 0. The number of halogens is 1. The van der Waals surface area contributed by atoms with Gasteiger partial charge < -0.3 is 9.80 Å². The first-order valence-electron chi connectivity index (χ1n) is 7.89. The molecule has 7 nitrogen and oxygen atoms in total. The van der Waals surface area contributed by atoms with Crippen molar-refractivity contribution in [3.8, 4) is 0 Å². The molecule has 25 heavy (non-hydrogen) atoms. The van der Waals surface area contributed by atoms with E-state index < -0.39 is 10.0 Å². The minimum Gasteiger partial charge on any atom is -0.363 e. The summed E-state index contributed by atoms with van der Waals surface area (Å²) in [5.41, 5.74) is 0. The van der Waals surface area contributed by atoms with Crippen molar-refractivity contribution in [3.05, 3.63) is 41.0 Å². The van der Waals surface area contributed by atoms with Crippen LogP contribution in [0.15, 0.2) is 45.9 Å². The minimum atomic E-state index is -3.51. The van der Waals surface area contributed by atoms with E-state index in [0.717, 1.165) is 5.82 Å². The summed E-state index contributed by atoms with van der Waals surface area (Å²) in [4.78, 5) is 13.1. The van der Waals surface area contributed by atoms with Crippen molar-refractivity contribution in [2.24, 2.45) is 0 Å². The fraction of sp³-hybridized carbons (Fsp3) is 0.375. The van der Waals surface area contributed by atoms with E-state index in [2.05, 4.69) is 25.9 Å². The first-order valence-corrected chi connectivity index (χ1v) is 10.1. The average molecular weight is 426 g/mol. The van der Waals surface area contributed by atoms with Gasteiger partial charge in [0.1, 0.15) is 5.82 Å². The summed E-state index contributed by atoms with van der Waals surface area (Å²) < 4.78 is 27.8. The lowest BCUT2D eigenvalue weighted by Gasteiger charge is -2.34. The number of benzene rings is 1. The lowest BCUT2D eigenvalue weighted by atomic mass is 10.4. The zero-order valence-corrected chi connectivity index (χ0v) is 16.5. The van der Waals surface area contributed by atoms with Crippen LogP contribution in [0.4, 0.5) is 11.8 Å². The second kappa shape index (κ2) is 7.27. The van der Waals surface area contributed by atoms with Crippen LogP contribution in [0.3, 0.4) is 0 Å². The Balaban J connectivity index is 1.74. The van der Waals surface area contributed by atoms with Crippen molar-refractivity contribution in [2.75, 3.05) is 50.1 Å². The fourth-order valence-corrected chi connectivity index (χ4v) is 5.05. The molecule has 0 saturated carbocycles. The minimum absolute atomic E-state index is 0.300. The van der Waals surface area contributed by atoms with Crippen molar-refractivity contribution in [2.45, 2.75) is 4.90 Å². The van der Waals surface area contributed by atoms with E-state index in [0.29, 0.717) is 41.5 Å². The Labute approximate surface area is 156 Å². The van der Waals surface area contributed by atoms with Gasteiger partial charge in [0.05, 0.1) is 4.90 Å². The Hall–Kier alpha value is -1.71. The third-order valence-electron chi connectivity index (χ3n) is 4.06. The molecule has 0 amide bonds. The summed E-state index contributed by atoms with van der Waals surface area (Å²) in [7, 11) is 0.341. The van der Waals surface area contributed by atoms with E-state index in [4.69, 9.17) is 0 Å². The van der Waals surface area contributed by atoms with Crippen LogP contribution in [0.25, 0.3) is 0 Å². The number of aromatic nitrogens is 2. The van der Waals surface area contributed by atoms with Crippen molar-refractivity contribution in [3.63, 3.8) is 0 Å². The molecule has 0 bridgehead atoms. The average Bonchev–Trinajstić information content (AvgIpc) is 2.62. The highest BCUT2D eigenvalue weighted by Gasteiger charge is 2.30. The molecule has 9 heteroatoms. The van der Waals surface area contributed by atoms with Gasteiger partial charge >= 0.3 is 0 Å². The summed E-state index contributed by atoms with van der Waals surface area (Å²) in [6.07, 6.45) is 1.72. The SMILES string of the molecule is CN(C)c1ccnc(N2CCN(S(=O)(=O)c3ccccc3Br)CC2)n1.